The van der Waals surface area contributed by atoms with Gasteiger partial charge in [-0.3, -0.25) is 4.99 Å². The van der Waals surface area contributed by atoms with Crippen molar-refractivity contribution in [3.8, 4) is 0 Å². The summed E-state index contributed by atoms with van der Waals surface area (Å²) in [5, 5.41) is 7.23. The van der Waals surface area contributed by atoms with Crippen LogP contribution in [0.25, 0.3) is 0 Å². The third-order valence-electron chi connectivity index (χ3n) is 6.82. The van der Waals surface area contributed by atoms with Crippen molar-refractivity contribution < 1.29 is 0 Å². The molecule has 0 aromatic heterocycles. The van der Waals surface area contributed by atoms with Crippen LogP contribution in [0.5, 0.6) is 0 Å². The van der Waals surface area contributed by atoms with Gasteiger partial charge in [-0.2, -0.15) is 0 Å². The van der Waals surface area contributed by atoms with Gasteiger partial charge in [0.25, 0.3) is 0 Å². The Balaban J connectivity index is 0.00000210. The zero-order valence-electron chi connectivity index (χ0n) is 16.8. The molecule has 1 aromatic carbocycles. The van der Waals surface area contributed by atoms with Crippen LogP contribution in [-0.2, 0) is 0 Å². The summed E-state index contributed by atoms with van der Waals surface area (Å²) in [6, 6.07) is 9.25. The number of aliphatic imine (C=N–C) groups is 1. The first kappa shape index (κ1) is 20.7. The molecular weight excluding hydrogens is 447 g/mol. The molecule has 1 heterocycles. The van der Waals surface area contributed by atoms with Crippen molar-refractivity contribution in [2.24, 2.45) is 16.3 Å². The number of hydrogen-bond acceptors (Lipinski definition) is 2. The Morgan fingerprint density at radius 1 is 1.22 bits per heavy atom. The highest BCUT2D eigenvalue weighted by molar-refractivity contribution is 14.0. The first-order valence-electron chi connectivity index (χ1n) is 10.5. The van der Waals surface area contributed by atoms with E-state index in [9.17, 15) is 0 Å². The molecule has 0 radical (unpaired) electrons. The van der Waals surface area contributed by atoms with Gasteiger partial charge in [-0.05, 0) is 74.5 Å². The Labute approximate surface area is 181 Å². The van der Waals surface area contributed by atoms with E-state index in [2.05, 4.69) is 51.7 Å². The highest BCUT2D eigenvalue weighted by atomic mass is 127. The van der Waals surface area contributed by atoms with Crippen LogP contribution in [0.2, 0.25) is 0 Å². The van der Waals surface area contributed by atoms with Crippen LogP contribution in [0, 0.1) is 11.3 Å². The molecule has 5 heteroatoms. The molecule has 2 aliphatic carbocycles. The summed E-state index contributed by atoms with van der Waals surface area (Å²) in [5.74, 6) is 1.91. The van der Waals surface area contributed by atoms with Gasteiger partial charge in [0, 0.05) is 32.4 Å². The fraction of sp³-hybridized carbons (Fsp3) is 0.682. The highest BCUT2D eigenvalue weighted by Crippen LogP contribution is 2.56. The van der Waals surface area contributed by atoms with Gasteiger partial charge < -0.3 is 15.5 Å². The molecule has 0 amide bonds. The quantitative estimate of drug-likeness (QED) is 0.351. The van der Waals surface area contributed by atoms with Crippen LogP contribution >= 0.6 is 24.0 Å². The molecular formula is C22H35IN4. The van der Waals surface area contributed by atoms with E-state index in [1.807, 2.05) is 7.05 Å². The molecule has 2 N–H and O–H groups in total. The summed E-state index contributed by atoms with van der Waals surface area (Å²) in [6.45, 7) is 5.70. The molecule has 0 bridgehead atoms. The van der Waals surface area contributed by atoms with Crippen molar-refractivity contribution in [2.75, 3.05) is 31.6 Å². The number of benzene rings is 1. The number of nitrogens with one attached hydrogen (secondary N) is 2. The Kier molecular flexibility index (Phi) is 6.93. The maximum Gasteiger partial charge on any atom is 0.191 e. The van der Waals surface area contributed by atoms with E-state index in [0.717, 1.165) is 18.4 Å². The molecule has 1 aromatic rings. The minimum Gasteiger partial charge on any atom is -0.372 e. The number of guanidine groups is 1. The number of hydrogen-bond donors (Lipinski definition) is 2. The highest BCUT2D eigenvalue weighted by Gasteiger charge is 2.48. The fourth-order valence-electron chi connectivity index (χ4n) is 4.76. The van der Waals surface area contributed by atoms with Crippen LogP contribution in [0.3, 0.4) is 0 Å². The minimum absolute atomic E-state index is 0. The monoisotopic (exact) mass is 482 g/mol. The smallest absolute Gasteiger partial charge is 0.191 e. The second-order valence-electron chi connectivity index (χ2n) is 8.57. The first-order chi connectivity index (χ1) is 12.7. The van der Waals surface area contributed by atoms with E-state index in [1.54, 1.807) is 0 Å². The van der Waals surface area contributed by atoms with Crippen molar-refractivity contribution in [3.05, 3.63) is 29.8 Å². The van der Waals surface area contributed by atoms with Crippen molar-refractivity contribution in [1.29, 1.82) is 0 Å². The van der Waals surface area contributed by atoms with Crippen molar-refractivity contribution >= 4 is 35.6 Å². The van der Waals surface area contributed by atoms with E-state index in [4.69, 9.17) is 0 Å². The van der Waals surface area contributed by atoms with Gasteiger partial charge in [0.1, 0.15) is 0 Å². The molecule has 2 saturated carbocycles. The third-order valence-corrected chi connectivity index (χ3v) is 6.82. The average molecular weight is 482 g/mol. The van der Waals surface area contributed by atoms with Crippen LogP contribution in [0.4, 0.5) is 5.69 Å². The molecule has 1 aliphatic heterocycles. The van der Waals surface area contributed by atoms with Gasteiger partial charge in [0.15, 0.2) is 5.96 Å². The van der Waals surface area contributed by atoms with Gasteiger partial charge in [0.05, 0.1) is 6.04 Å². The number of anilines is 1. The molecule has 4 nitrogen and oxygen atoms in total. The van der Waals surface area contributed by atoms with Crippen molar-refractivity contribution in [1.82, 2.24) is 10.6 Å². The molecule has 27 heavy (non-hydrogen) atoms. The topological polar surface area (TPSA) is 39.7 Å². The Hall–Kier alpha value is -0.980. The molecule has 150 valence electrons. The first-order valence-corrected chi connectivity index (χ1v) is 10.5. The van der Waals surface area contributed by atoms with E-state index in [-0.39, 0.29) is 30.0 Å². The Morgan fingerprint density at radius 3 is 2.56 bits per heavy atom. The second kappa shape index (κ2) is 9.01. The summed E-state index contributed by atoms with van der Waals surface area (Å²) < 4.78 is 0. The zero-order valence-corrected chi connectivity index (χ0v) is 19.2. The maximum absolute atomic E-state index is 4.48. The standard InChI is InChI=1S/C22H34N4.HI/c1-17(18-7-5-8-20(15-18)26-13-3-4-14-26)25-21(23-2)24-16-22(11-6-12-22)19-9-10-19;/h5,7-8,15,17,19H,3-4,6,9-14,16H2,1-2H3,(H2,23,24,25);1H. The van der Waals surface area contributed by atoms with Crippen LogP contribution in [0.1, 0.15) is 63.5 Å². The zero-order chi connectivity index (χ0) is 18.0. The lowest BCUT2D eigenvalue weighted by atomic mass is 9.65. The maximum atomic E-state index is 4.48. The van der Waals surface area contributed by atoms with Gasteiger partial charge in [-0.25, -0.2) is 0 Å². The lowest BCUT2D eigenvalue weighted by molar-refractivity contribution is 0.106. The molecule has 0 spiro atoms. The summed E-state index contributed by atoms with van der Waals surface area (Å²) in [6.07, 6.45) is 9.71. The van der Waals surface area contributed by atoms with Crippen LogP contribution in [-0.4, -0.2) is 32.6 Å². The predicted molar refractivity (Wildman–Crippen MR) is 125 cm³/mol. The SMILES string of the molecule is CN=C(NCC1(C2CC2)CCC1)NC(C)c1cccc(N2CCCC2)c1.I. The molecule has 1 saturated heterocycles. The van der Waals surface area contributed by atoms with E-state index < -0.39 is 0 Å². The van der Waals surface area contributed by atoms with Crippen molar-refractivity contribution in [3.63, 3.8) is 0 Å². The lowest BCUT2D eigenvalue weighted by Crippen LogP contribution is -2.47. The Bertz CT molecular complexity index is 645. The molecule has 1 unspecified atom stereocenters. The predicted octanol–water partition coefficient (Wildman–Crippen LogP) is 4.71. The Morgan fingerprint density at radius 2 is 1.96 bits per heavy atom. The molecule has 4 rings (SSSR count). The second-order valence-corrected chi connectivity index (χ2v) is 8.57. The molecule has 1 atom stereocenters. The van der Waals surface area contributed by atoms with Crippen LogP contribution < -0.4 is 15.5 Å². The van der Waals surface area contributed by atoms with Gasteiger partial charge in [-0.15, -0.1) is 24.0 Å². The summed E-state index contributed by atoms with van der Waals surface area (Å²) >= 11 is 0. The average Bonchev–Trinajstić information content (AvgIpc) is 3.33. The number of rotatable bonds is 6. The third kappa shape index (κ3) is 4.72. The van der Waals surface area contributed by atoms with Crippen molar-refractivity contribution in [2.45, 2.75) is 57.9 Å². The molecule has 3 aliphatic rings. The van der Waals surface area contributed by atoms with E-state index >= 15 is 0 Å². The van der Waals surface area contributed by atoms with Crippen LogP contribution in [0.15, 0.2) is 29.3 Å². The van der Waals surface area contributed by atoms with Gasteiger partial charge in [0.2, 0.25) is 0 Å². The fourth-order valence-corrected chi connectivity index (χ4v) is 4.76. The summed E-state index contributed by atoms with van der Waals surface area (Å²) in [7, 11) is 1.88. The summed E-state index contributed by atoms with van der Waals surface area (Å²) in [4.78, 5) is 6.98. The minimum atomic E-state index is 0. The largest absolute Gasteiger partial charge is 0.372 e. The summed E-state index contributed by atoms with van der Waals surface area (Å²) in [5.41, 5.74) is 3.26. The normalized spacial score (nSPS) is 22.6. The van der Waals surface area contributed by atoms with E-state index in [0.29, 0.717) is 5.41 Å². The number of halogens is 1. The number of nitrogens with zero attached hydrogens (tertiary/aromatic N) is 2. The molecule has 3 fully saturated rings. The van der Waals surface area contributed by atoms with E-state index in [1.165, 1.54) is 69.3 Å². The van der Waals surface area contributed by atoms with Gasteiger partial charge >= 0.3 is 0 Å². The van der Waals surface area contributed by atoms with Gasteiger partial charge in [-0.1, -0.05) is 18.6 Å². The lowest BCUT2D eigenvalue weighted by Gasteiger charge is -2.43.